The number of hydrogen-bond donors (Lipinski definition) is 1. The number of rotatable bonds is 6. The highest BCUT2D eigenvalue weighted by molar-refractivity contribution is 7.89. The summed E-state index contributed by atoms with van der Waals surface area (Å²) in [7, 11) is -3.78. The van der Waals surface area contributed by atoms with Gasteiger partial charge in [-0.15, -0.1) is 0 Å². The summed E-state index contributed by atoms with van der Waals surface area (Å²) < 4.78 is 27.0. The second-order valence-corrected chi connectivity index (χ2v) is 8.97. The van der Waals surface area contributed by atoms with Crippen LogP contribution in [0.15, 0.2) is 53.6 Å². The van der Waals surface area contributed by atoms with E-state index in [0.29, 0.717) is 29.3 Å². The van der Waals surface area contributed by atoms with E-state index >= 15 is 0 Å². The molecule has 0 radical (unpaired) electrons. The smallest absolute Gasteiger partial charge is 0.257 e. The molecule has 1 N–H and O–H groups in total. The Balaban J connectivity index is 1.99. The van der Waals surface area contributed by atoms with Crippen LogP contribution in [0, 0.1) is 0 Å². The lowest BCUT2D eigenvalue weighted by atomic mass is 10.1. The highest BCUT2D eigenvalue weighted by Crippen LogP contribution is 2.29. The van der Waals surface area contributed by atoms with Crippen molar-refractivity contribution >= 4 is 55.7 Å². The van der Waals surface area contributed by atoms with E-state index in [2.05, 4.69) is 10.3 Å². The fraction of sp³-hybridized carbons (Fsp3) is 0.200. The Labute approximate surface area is 179 Å². The number of nitrogens with one attached hydrogen (secondary N) is 1. The van der Waals surface area contributed by atoms with Gasteiger partial charge in [0.1, 0.15) is 4.90 Å². The summed E-state index contributed by atoms with van der Waals surface area (Å²) in [4.78, 5) is 17.1. The van der Waals surface area contributed by atoms with E-state index in [1.807, 2.05) is 6.07 Å². The first-order chi connectivity index (χ1) is 13.8. The standard InChI is InChI=1S/C20H19Cl2N3O3S/c1-3-25(4-2)29(27,28)18-12-15(7-8-17(18)22)24-20(26)16-11-14(21)10-13-6-5-9-23-19(13)16/h5-12H,3-4H2,1-2H3,(H,24,26). The van der Waals surface area contributed by atoms with Gasteiger partial charge in [0.25, 0.3) is 5.91 Å². The largest absolute Gasteiger partial charge is 0.322 e. The molecule has 0 aliphatic rings. The zero-order valence-electron chi connectivity index (χ0n) is 15.8. The minimum atomic E-state index is -3.78. The molecule has 0 saturated carbocycles. The average Bonchev–Trinajstić information content (AvgIpc) is 2.69. The molecule has 0 fully saturated rings. The van der Waals surface area contributed by atoms with Gasteiger partial charge in [-0.1, -0.05) is 43.1 Å². The number of pyridine rings is 1. The number of benzene rings is 2. The van der Waals surface area contributed by atoms with Gasteiger partial charge in [-0.2, -0.15) is 4.31 Å². The number of aromatic nitrogens is 1. The molecule has 1 aromatic heterocycles. The Bertz CT molecular complexity index is 1180. The van der Waals surface area contributed by atoms with Crippen LogP contribution in [-0.2, 0) is 10.0 Å². The van der Waals surface area contributed by atoms with Crippen LogP contribution in [0.4, 0.5) is 5.69 Å². The van der Waals surface area contributed by atoms with Crippen molar-refractivity contribution in [3.05, 3.63) is 64.3 Å². The molecular formula is C20H19Cl2N3O3S. The van der Waals surface area contributed by atoms with E-state index in [1.54, 1.807) is 38.2 Å². The summed E-state index contributed by atoms with van der Waals surface area (Å²) in [5, 5.41) is 3.93. The van der Waals surface area contributed by atoms with Gasteiger partial charge in [-0.3, -0.25) is 9.78 Å². The fourth-order valence-electron chi connectivity index (χ4n) is 3.01. The molecular weight excluding hydrogens is 433 g/mol. The summed E-state index contributed by atoms with van der Waals surface area (Å²) in [6, 6.07) is 11.1. The lowest BCUT2D eigenvalue weighted by Gasteiger charge is -2.19. The zero-order valence-corrected chi connectivity index (χ0v) is 18.1. The van der Waals surface area contributed by atoms with Crippen molar-refractivity contribution in [2.75, 3.05) is 18.4 Å². The van der Waals surface area contributed by atoms with Crippen LogP contribution in [0.1, 0.15) is 24.2 Å². The molecule has 3 aromatic rings. The molecule has 2 aromatic carbocycles. The Morgan fingerprint density at radius 1 is 1.10 bits per heavy atom. The van der Waals surface area contributed by atoms with Crippen LogP contribution in [0.2, 0.25) is 10.0 Å². The average molecular weight is 452 g/mol. The van der Waals surface area contributed by atoms with Crippen LogP contribution in [0.5, 0.6) is 0 Å². The van der Waals surface area contributed by atoms with Crippen molar-refractivity contribution in [3.8, 4) is 0 Å². The van der Waals surface area contributed by atoms with Crippen LogP contribution < -0.4 is 5.32 Å². The molecule has 0 saturated heterocycles. The second-order valence-electron chi connectivity index (χ2n) is 6.22. The Hall–Kier alpha value is -2.19. The molecule has 0 atom stereocenters. The van der Waals surface area contributed by atoms with Gasteiger partial charge >= 0.3 is 0 Å². The van der Waals surface area contributed by atoms with E-state index in [-0.39, 0.29) is 15.5 Å². The van der Waals surface area contributed by atoms with Crippen molar-refractivity contribution in [3.63, 3.8) is 0 Å². The molecule has 1 amide bonds. The number of fused-ring (bicyclic) bond motifs is 1. The van der Waals surface area contributed by atoms with Crippen molar-refractivity contribution < 1.29 is 13.2 Å². The highest BCUT2D eigenvalue weighted by Gasteiger charge is 2.25. The molecule has 1 heterocycles. The first-order valence-electron chi connectivity index (χ1n) is 8.93. The number of halogens is 2. The Morgan fingerprint density at radius 2 is 1.83 bits per heavy atom. The van der Waals surface area contributed by atoms with Crippen molar-refractivity contribution in [1.29, 1.82) is 0 Å². The number of anilines is 1. The summed E-state index contributed by atoms with van der Waals surface area (Å²) in [5.41, 5.74) is 1.09. The first kappa shape index (κ1) is 21.5. The monoisotopic (exact) mass is 451 g/mol. The summed E-state index contributed by atoms with van der Waals surface area (Å²) in [5.74, 6) is -0.454. The highest BCUT2D eigenvalue weighted by atomic mass is 35.5. The summed E-state index contributed by atoms with van der Waals surface area (Å²) in [6.07, 6.45) is 1.59. The lowest BCUT2D eigenvalue weighted by molar-refractivity contribution is 0.102. The predicted octanol–water partition coefficient (Wildman–Crippen LogP) is 4.82. The Morgan fingerprint density at radius 3 is 2.52 bits per heavy atom. The second kappa shape index (κ2) is 8.67. The zero-order chi connectivity index (χ0) is 21.2. The van der Waals surface area contributed by atoms with E-state index < -0.39 is 15.9 Å². The van der Waals surface area contributed by atoms with E-state index in [4.69, 9.17) is 23.2 Å². The molecule has 6 nitrogen and oxygen atoms in total. The molecule has 0 bridgehead atoms. The third-order valence-electron chi connectivity index (χ3n) is 4.43. The molecule has 3 rings (SSSR count). The minimum absolute atomic E-state index is 0.0604. The molecule has 29 heavy (non-hydrogen) atoms. The fourth-order valence-corrected chi connectivity index (χ4v) is 5.19. The molecule has 9 heteroatoms. The molecule has 0 unspecified atom stereocenters. The maximum Gasteiger partial charge on any atom is 0.257 e. The number of sulfonamides is 1. The summed E-state index contributed by atoms with van der Waals surface area (Å²) in [6.45, 7) is 4.12. The van der Waals surface area contributed by atoms with Gasteiger partial charge in [0.15, 0.2) is 0 Å². The number of hydrogen-bond acceptors (Lipinski definition) is 4. The van der Waals surface area contributed by atoms with Gasteiger partial charge in [0, 0.05) is 35.4 Å². The van der Waals surface area contributed by atoms with Gasteiger partial charge < -0.3 is 5.32 Å². The third kappa shape index (κ3) is 4.38. The number of carbonyl (C=O) groups is 1. The van der Waals surface area contributed by atoms with E-state index in [1.165, 1.54) is 22.5 Å². The third-order valence-corrected chi connectivity index (χ3v) is 7.18. The quantitative estimate of drug-likeness (QED) is 0.582. The SMILES string of the molecule is CCN(CC)S(=O)(=O)c1cc(NC(=O)c2cc(Cl)cc3cccnc23)ccc1Cl. The van der Waals surface area contributed by atoms with Crippen LogP contribution in [-0.4, -0.2) is 36.7 Å². The van der Waals surface area contributed by atoms with E-state index in [9.17, 15) is 13.2 Å². The lowest BCUT2D eigenvalue weighted by Crippen LogP contribution is -2.30. The van der Waals surface area contributed by atoms with Crippen LogP contribution in [0.3, 0.4) is 0 Å². The minimum Gasteiger partial charge on any atom is -0.322 e. The van der Waals surface area contributed by atoms with Crippen molar-refractivity contribution in [1.82, 2.24) is 9.29 Å². The number of amides is 1. The van der Waals surface area contributed by atoms with E-state index in [0.717, 1.165) is 5.39 Å². The van der Waals surface area contributed by atoms with Gasteiger partial charge in [-0.25, -0.2) is 8.42 Å². The van der Waals surface area contributed by atoms with Crippen molar-refractivity contribution in [2.24, 2.45) is 0 Å². The number of nitrogens with zero attached hydrogens (tertiary/aromatic N) is 2. The normalized spacial score (nSPS) is 11.8. The predicted molar refractivity (Wildman–Crippen MR) is 116 cm³/mol. The topological polar surface area (TPSA) is 79.4 Å². The first-order valence-corrected chi connectivity index (χ1v) is 11.1. The summed E-state index contributed by atoms with van der Waals surface area (Å²) >= 11 is 12.3. The van der Waals surface area contributed by atoms with Crippen LogP contribution >= 0.6 is 23.2 Å². The van der Waals surface area contributed by atoms with Gasteiger partial charge in [0.2, 0.25) is 10.0 Å². The maximum absolute atomic E-state index is 12.9. The molecule has 0 aliphatic heterocycles. The van der Waals surface area contributed by atoms with Crippen LogP contribution in [0.25, 0.3) is 10.9 Å². The molecule has 0 spiro atoms. The Kier molecular flexibility index (Phi) is 6.43. The van der Waals surface area contributed by atoms with Gasteiger partial charge in [-0.05, 0) is 36.4 Å². The van der Waals surface area contributed by atoms with Crippen molar-refractivity contribution in [2.45, 2.75) is 18.7 Å². The molecule has 0 aliphatic carbocycles. The molecule has 152 valence electrons. The van der Waals surface area contributed by atoms with Gasteiger partial charge in [0.05, 0.1) is 16.1 Å². The number of carbonyl (C=O) groups excluding carboxylic acids is 1. The maximum atomic E-state index is 12.9.